The zero-order chi connectivity index (χ0) is 24.1. The largest absolute Gasteiger partial charge is 0.449 e. The second-order valence-electron chi connectivity index (χ2n) is 7.45. The molecule has 1 aromatic carbocycles. The number of carbonyl (C=O) groups excluding carboxylic acids is 1. The van der Waals surface area contributed by atoms with Crippen LogP contribution < -0.4 is 5.56 Å². The summed E-state index contributed by atoms with van der Waals surface area (Å²) in [5, 5.41) is 1.70. The summed E-state index contributed by atoms with van der Waals surface area (Å²) in [5.41, 5.74) is -0.387. The van der Waals surface area contributed by atoms with Gasteiger partial charge in [0.2, 0.25) is 11.7 Å². The predicted molar refractivity (Wildman–Crippen MR) is 110 cm³/mol. The zero-order valence-corrected chi connectivity index (χ0v) is 18.1. The SMILES string of the molecule is O=C(Cn1c(C(F)(F)F)nc2scc(-c3ccc(Cl)cc3)c2c1=O)N1CCCC1C(F)(F)F. The van der Waals surface area contributed by atoms with Crippen LogP contribution in [0.15, 0.2) is 34.4 Å². The van der Waals surface area contributed by atoms with E-state index in [2.05, 4.69) is 4.98 Å². The number of hydrogen-bond donors (Lipinski definition) is 0. The lowest BCUT2D eigenvalue weighted by Crippen LogP contribution is -2.47. The minimum absolute atomic E-state index is 0.0550. The zero-order valence-electron chi connectivity index (χ0n) is 16.5. The first kappa shape index (κ1) is 23.6. The van der Waals surface area contributed by atoms with Crippen LogP contribution in [0.25, 0.3) is 21.3 Å². The first-order valence-corrected chi connectivity index (χ1v) is 10.8. The Hall–Kier alpha value is -2.60. The van der Waals surface area contributed by atoms with Crippen LogP contribution in [0.1, 0.15) is 18.7 Å². The number of hydrogen-bond acceptors (Lipinski definition) is 4. The third-order valence-electron chi connectivity index (χ3n) is 5.35. The summed E-state index contributed by atoms with van der Waals surface area (Å²) in [5.74, 6) is -2.87. The molecule has 3 aromatic rings. The van der Waals surface area contributed by atoms with Gasteiger partial charge in [0.1, 0.15) is 17.4 Å². The number of benzene rings is 1. The standard InChI is InChI=1S/C20H14ClF6N3O2S/c21-11-5-3-10(4-6-11)12-9-33-16-15(12)17(32)30(18(28-16)20(25,26)27)8-14(31)29-7-1-2-13(29)19(22,23)24/h3-6,9,13H,1-2,7-8H2. The fourth-order valence-electron chi connectivity index (χ4n) is 3.86. The molecule has 176 valence electrons. The summed E-state index contributed by atoms with van der Waals surface area (Å²) >= 11 is 6.67. The van der Waals surface area contributed by atoms with E-state index in [-0.39, 0.29) is 39.7 Å². The smallest absolute Gasteiger partial charge is 0.329 e. The van der Waals surface area contributed by atoms with Crippen molar-refractivity contribution in [2.24, 2.45) is 0 Å². The summed E-state index contributed by atoms with van der Waals surface area (Å²) in [6.07, 6.45) is -10.1. The molecule has 0 saturated carbocycles. The topological polar surface area (TPSA) is 55.2 Å². The van der Waals surface area contributed by atoms with Crippen molar-refractivity contribution in [3.05, 3.63) is 50.8 Å². The Labute approximate surface area is 191 Å². The Morgan fingerprint density at radius 1 is 1.15 bits per heavy atom. The summed E-state index contributed by atoms with van der Waals surface area (Å²) < 4.78 is 80.9. The average Bonchev–Trinajstić information content (AvgIpc) is 3.37. The number of aromatic nitrogens is 2. The fraction of sp³-hybridized carbons (Fsp3) is 0.350. The fourth-order valence-corrected chi connectivity index (χ4v) is 4.92. The Kier molecular flexibility index (Phi) is 5.94. The highest BCUT2D eigenvalue weighted by Gasteiger charge is 2.48. The van der Waals surface area contributed by atoms with Crippen LogP contribution in [0.3, 0.4) is 0 Å². The van der Waals surface area contributed by atoms with E-state index >= 15 is 0 Å². The molecule has 3 heterocycles. The Balaban J connectivity index is 1.83. The second-order valence-corrected chi connectivity index (χ2v) is 8.74. The summed E-state index contributed by atoms with van der Waals surface area (Å²) in [6, 6.07) is 4.09. The molecule has 1 saturated heterocycles. The Bertz CT molecular complexity index is 1270. The minimum Gasteiger partial charge on any atom is -0.329 e. The summed E-state index contributed by atoms with van der Waals surface area (Å²) in [4.78, 5) is 29.6. The monoisotopic (exact) mass is 509 g/mol. The van der Waals surface area contributed by atoms with Crippen molar-refractivity contribution in [2.45, 2.75) is 37.8 Å². The maximum Gasteiger partial charge on any atom is 0.449 e. The lowest BCUT2D eigenvalue weighted by atomic mass is 10.1. The van der Waals surface area contributed by atoms with Crippen LogP contribution in [0.5, 0.6) is 0 Å². The molecular weight excluding hydrogens is 496 g/mol. The predicted octanol–water partition coefficient (Wildman–Crippen LogP) is 5.35. The Morgan fingerprint density at radius 2 is 1.82 bits per heavy atom. The quantitative estimate of drug-likeness (QED) is 0.447. The van der Waals surface area contributed by atoms with Gasteiger partial charge < -0.3 is 4.90 Å². The summed E-state index contributed by atoms with van der Waals surface area (Å²) in [6.45, 7) is -1.47. The maximum absolute atomic E-state index is 13.7. The van der Waals surface area contributed by atoms with Crippen molar-refractivity contribution in [1.82, 2.24) is 14.5 Å². The van der Waals surface area contributed by atoms with Gasteiger partial charge in [-0.1, -0.05) is 23.7 Å². The van der Waals surface area contributed by atoms with Crippen LogP contribution in [0.2, 0.25) is 5.02 Å². The van der Waals surface area contributed by atoms with Gasteiger partial charge in [0.15, 0.2) is 0 Å². The van der Waals surface area contributed by atoms with Crippen LogP contribution in [0, 0.1) is 0 Å². The Morgan fingerprint density at radius 3 is 2.42 bits per heavy atom. The number of likely N-dealkylation sites (tertiary alicyclic amines) is 1. The van der Waals surface area contributed by atoms with Crippen molar-refractivity contribution in [2.75, 3.05) is 6.54 Å². The molecule has 5 nitrogen and oxygen atoms in total. The van der Waals surface area contributed by atoms with Crippen molar-refractivity contribution >= 4 is 39.1 Å². The number of alkyl halides is 6. The molecule has 1 atom stereocenters. The van der Waals surface area contributed by atoms with Gasteiger partial charge in [-0.3, -0.25) is 14.2 Å². The molecular formula is C20H14ClF6N3O2S. The molecule has 1 amide bonds. The molecule has 1 unspecified atom stereocenters. The van der Waals surface area contributed by atoms with Crippen LogP contribution in [-0.2, 0) is 17.5 Å². The van der Waals surface area contributed by atoms with Gasteiger partial charge in [0.25, 0.3) is 5.56 Å². The van der Waals surface area contributed by atoms with Gasteiger partial charge in [0, 0.05) is 22.5 Å². The normalized spacial score (nSPS) is 17.2. The lowest BCUT2D eigenvalue weighted by molar-refractivity contribution is -0.183. The number of amides is 1. The van der Waals surface area contributed by atoms with Crippen LogP contribution in [-0.4, -0.2) is 39.1 Å². The number of fused-ring (bicyclic) bond motifs is 1. The maximum atomic E-state index is 13.7. The number of halogens is 7. The summed E-state index contributed by atoms with van der Waals surface area (Å²) in [7, 11) is 0. The molecule has 0 radical (unpaired) electrons. The van der Waals surface area contributed by atoms with E-state index in [0.29, 0.717) is 15.5 Å². The number of carbonyl (C=O) groups is 1. The molecule has 0 aliphatic carbocycles. The first-order chi connectivity index (χ1) is 15.4. The van der Waals surface area contributed by atoms with E-state index in [1.54, 1.807) is 12.1 Å². The van der Waals surface area contributed by atoms with Crippen LogP contribution >= 0.6 is 22.9 Å². The van der Waals surface area contributed by atoms with E-state index in [1.807, 2.05) is 0 Å². The molecule has 4 rings (SSSR count). The van der Waals surface area contributed by atoms with E-state index in [0.717, 1.165) is 11.3 Å². The molecule has 0 bridgehead atoms. The van der Waals surface area contributed by atoms with E-state index in [1.165, 1.54) is 17.5 Å². The van der Waals surface area contributed by atoms with Gasteiger partial charge in [0.05, 0.1) is 5.39 Å². The van der Waals surface area contributed by atoms with E-state index in [9.17, 15) is 35.9 Å². The molecule has 1 aliphatic rings. The molecule has 2 aromatic heterocycles. The molecule has 13 heteroatoms. The van der Waals surface area contributed by atoms with Gasteiger partial charge >= 0.3 is 12.4 Å². The van der Waals surface area contributed by atoms with Gasteiger partial charge in [-0.15, -0.1) is 11.3 Å². The lowest BCUT2D eigenvalue weighted by Gasteiger charge is -2.27. The highest BCUT2D eigenvalue weighted by molar-refractivity contribution is 7.17. The molecule has 1 fully saturated rings. The number of thiophene rings is 1. The third kappa shape index (κ3) is 4.45. The third-order valence-corrected chi connectivity index (χ3v) is 6.47. The number of rotatable bonds is 3. The first-order valence-electron chi connectivity index (χ1n) is 9.59. The molecule has 33 heavy (non-hydrogen) atoms. The van der Waals surface area contributed by atoms with Gasteiger partial charge in [-0.05, 0) is 30.5 Å². The van der Waals surface area contributed by atoms with Crippen molar-refractivity contribution in [3.63, 3.8) is 0 Å². The molecule has 0 N–H and O–H groups in total. The van der Waals surface area contributed by atoms with Gasteiger partial charge in [-0.2, -0.15) is 26.3 Å². The molecule has 1 aliphatic heterocycles. The molecule has 0 spiro atoms. The van der Waals surface area contributed by atoms with Crippen molar-refractivity contribution < 1.29 is 31.1 Å². The van der Waals surface area contributed by atoms with E-state index < -0.39 is 42.2 Å². The van der Waals surface area contributed by atoms with Crippen molar-refractivity contribution in [3.8, 4) is 11.1 Å². The van der Waals surface area contributed by atoms with Gasteiger partial charge in [-0.25, -0.2) is 4.98 Å². The highest BCUT2D eigenvalue weighted by atomic mass is 35.5. The van der Waals surface area contributed by atoms with Crippen LogP contribution in [0.4, 0.5) is 26.3 Å². The average molecular weight is 510 g/mol. The highest BCUT2D eigenvalue weighted by Crippen LogP contribution is 2.36. The van der Waals surface area contributed by atoms with E-state index in [4.69, 9.17) is 11.6 Å². The second kappa shape index (κ2) is 8.32. The van der Waals surface area contributed by atoms with Crippen molar-refractivity contribution in [1.29, 1.82) is 0 Å². The number of nitrogens with zero attached hydrogens (tertiary/aromatic N) is 3. The minimum atomic E-state index is -5.10.